The largest absolute Gasteiger partial charge is 1.00 e. The molecule has 0 heterocycles. The molecule has 0 saturated heterocycles. The summed E-state index contributed by atoms with van der Waals surface area (Å²) < 4.78 is 0. The van der Waals surface area contributed by atoms with Crippen LogP contribution in [0.5, 0.6) is 0 Å². The Kier molecular flexibility index (Phi) is 8.00. The monoisotopic (exact) mass is 456 g/mol. The minimum atomic E-state index is -1.01. The number of rotatable bonds is 2. The molecule has 0 aromatic rings. The maximum absolute atomic E-state index is 3.36. The van der Waals surface area contributed by atoms with Gasteiger partial charge in [-0.15, -0.1) is 12.8 Å². The van der Waals surface area contributed by atoms with Crippen molar-refractivity contribution < 1.29 is 28.7 Å². The van der Waals surface area contributed by atoms with Crippen LogP contribution in [0.25, 0.3) is 0 Å². The molecule has 0 fully saturated rings. The molecule has 0 amide bonds. The maximum Gasteiger partial charge on any atom is 0.0393 e. The Morgan fingerprint density at radius 1 is 0.789 bits per heavy atom. The van der Waals surface area contributed by atoms with E-state index in [1.54, 1.807) is 0 Å². The van der Waals surface area contributed by atoms with Gasteiger partial charge in [-0.05, 0) is 0 Å². The summed E-state index contributed by atoms with van der Waals surface area (Å²) in [6.07, 6.45) is 17.6. The predicted octanol–water partition coefficient (Wildman–Crippen LogP) is 5.33. The Labute approximate surface area is 143 Å². The summed E-state index contributed by atoms with van der Waals surface area (Å²) in [5.41, 5.74) is 0. The van der Waals surface area contributed by atoms with Gasteiger partial charge in [-0.2, -0.15) is 12.2 Å². The maximum atomic E-state index is 3.36. The summed E-state index contributed by atoms with van der Waals surface area (Å²) in [7, 11) is -2.01. The summed E-state index contributed by atoms with van der Waals surface area (Å²) in [6, 6.07) is 0. The molecule has 0 N–H and O–H groups in total. The van der Waals surface area contributed by atoms with Crippen LogP contribution in [-0.4, -0.2) is 16.1 Å². The third-order valence-corrected chi connectivity index (χ3v) is 6.92. The van der Waals surface area contributed by atoms with Crippen molar-refractivity contribution in [2.45, 2.75) is 52.1 Å². The van der Waals surface area contributed by atoms with Gasteiger partial charge in [-0.25, -0.2) is 22.5 Å². The first-order valence-corrected chi connectivity index (χ1v) is 13.8. The molecule has 0 saturated carbocycles. The van der Waals surface area contributed by atoms with Crippen molar-refractivity contribution in [3.63, 3.8) is 0 Å². The van der Waals surface area contributed by atoms with E-state index in [4.69, 9.17) is 0 Å². The van der Waals surface area contributed by atoms with Gasteiger partial charge in [0.1, 0.15) is 0 Å². The van der Waals surface area contributed by atoms with Crippen LogP contribution < -0.4 is 0 Å². The fraction of sp³-hybridized carbons (Fsp3) is 0.500. The molecule has 2 aliphatic carbocycles. The predicted molar refractivity (Wildman–Crippen MR) is 89.9 cm³/mol. The molecular weight excluding hydrogens is 427 g/mol. The SMILES string of the molecule is C[Si](C)(C)C1=[C-]CC=C1.C[Si](C)(C)C1=[C-]CC=C1.[H-].[H-].[Hf]. The number of allylic oxidation sites excluding steroid dienone is 8. The quantitative estimate of drug-likeness (QED) is 0.391. The molecular formula is C16H28HfSi2-4. The van der Waals surface area contributed by atoms with Gasteiger partial charge < -0.3 is 2.85 Å². The van der Waals surface area contributed by atoms with Crippen LogP contribution in [0.2, 0.25) is 39.3 Å². The first-order valence-electron chi connectivity index (χ1n) is 6.77. The van der Waals surface area contributed by atoms with Crippen molar-refractivity contribution in [1.29, 1.82) is 0 Å². The molecule has 0 nitrogen and oxygen atoms in total. The van der Waals surface area contributed by atoms with Gasteiger partial charge in [0, 0.05) is 42.0 Å². The molecule has 3 heteroatoms. The Morgan fingerprint density at radius 2 is 1.11 bits per heavy atom. The normalized spacial score (nSPS) is 17.4. The fourth-order valence-corrected chi connectivity index (χ4v) is 4.34. The van der Waals surface area contributed by atoms with Gasteiger partial charge in [0.15, 0.2) is 0 Å². The molecule has 0 bridgehead atoms. The smallest absolute Gasteiger partial charge is 0.0393 e. The van der Waals surface area contributed by atoms with Gasteiger partial charge >= 0.3 is 0 Å². The minimum absolute atomic E-state index is 0. The molecule has 0 spiro atoms. The van der Waals surface area contributed by atoms with Crippen LogP contribution in [0.4, 0.5) is 0 Å². The molecule has 0 atom stereocenters. The second kappa shape index (κ2) is 7.89. The van der Waals surface area contributed by atoms with Crippen molar-refractivity contribution in [2.24, 2.45) is 0 Å². The van der Waals surface area contributed by atoms with Gasteiger partial charge in [-0.1, -0.05) is 39.3 Å². The van der Waals surface area contributed by atoms with Crippen LogP contribution in [0.3, 0.4) is 0 Å². The Bertz CT molecular complexity index is 371. The molecule has 0 unspecified atom stereocenters. The second-order valence-corrected chi connectivity index (χ2v) is 17.0. The Balaban J connectivity index is -0.000000270. The van der Waals surface area contributed by atoms with E-state index in [2.05, 4.69) is 75.7 Å². The van der Waals surface area contributed by atoms with E-state index in [-0.39, 0.29) is 28.7 Å². The third-order valence-electron chi connectivity index (χ3n) is 3.01. The topological polar surface area (TPSA) is 0 Å². The van der Waals surface area contributed by atoms with Crippen LogP contribution in [0.15, 0.2) is 34.7 Å². The molecule has 2 rings (SSSR count). The second-order valence-electron chi connectivity index (χ2n) is 6.89. The van der Waals surface area contributed by atoms with Gasteiger partial charge in [0.05, 0.1) is 0 Å². The average Bonchev–Trinajstić information content (AvgIpc) is 2.91. The fourth-order valence-electron chi connectivity index (χ4n) is 1.84. The van der Waals surface area contributed by atoms with Crippen molar-refractivity contribution in [3.05, 3.63) is 46.8 Å². The number of hydrogen-bond acceptors (Lipinski definition) is 0. The van der Waals surface area contributed by atoms with Gasteiger partial charge in [0.25, 0.3) is 0 Å². The van der Waals surface area contributed by atoms with E-state index in [1.807, 2.05) is 0 Å². The van der Waals surface area contributed by atoms with E-state index in [0.717, 1.165) is 12.8 Å². The summed E-state index contributed by atoms with van der Waals surface area (Å²) in [5.74, 6) is 0. The minimum Gasteiger partial charge on any atom is -1.00 e. The number of hydrogen-bond donors (Lipinski definition) is 0. The molecule has 108 valence electrons. The van der Waals surface area contributed by atoms with Gasteiger partial charge in [-0.3, -0.25) is 12.2 Å². The zero-order valence-corrected chi connectivity index (χ0v) is 18.8. The molecule has 0 aromatic heterocycles. The standard InChI is InChI=1S/2C8H13Si.Hf.2H/c2*1-9(2,3)8-6-4-5-7-8;;;/h2*4,6H,5H2,1-3H3;;;/q2*-1;;2*-1. The van der Waals surface area contributed by atoms with Crippen LogP contribution in [0.1, 0.15) is 15.7 Å². The van der Waals surface area contributed by atoms with Crippen molar-refractivity contribution in [3.8, 4) is 0 Å². The third kappa shape index (κ3) is 7.00. The van der Waals surface area contributed by atoms with E-state index < -0.39 is 16.1 Å². The average molecular weight is 455 g/mol. The van der Waals surface area contributed by atoms with E-state index in [0.29, 0.717) is 0 Å². The molecule has 0 radical (unpaired) electrons. The van der Waals surface area contributed by atoms with Crippen molar-refractivity contribution >= 4 is 16.1 Å². The van der Waals surface area contributed by atoms with Crippen LogP contribution >= 0.6 is 0 Å². The van der Waals surface area contributed by atoms with Gasteiger partial charge in [0.2, 0.25) is 0 Å². The molecule has 19 heavy (non-hydrogen) atoms. The summed E-state index contributed by atoms with van der Waals surface area (Å²) in [5, 5.41) is 2.98. The Hall–Kier alpha value is 0.264. The van der Waals surface area contributed by atoms with Crippen molar-refractivity contribution in [1.82, 2.24) is 0 Å². The Morgan fingerprint density at radius 3 is 1.21 bits per heavy atom. The van der Waals surface area contributed by atoms with Crippen LogP contribution in [-0.2, 0) is 25.8 Å². The van der Waals surface area contributed by atoms with Crippen LogP contribution in [0, 0.1) is 12.2 Å². The zero-order chi connectivity index (χ0) is 13.8. The summed E-state index contributed by atoms with van der Waals surface area (Å²) in [4.78, 5) is 0. The first kappa shape index (κ1) is 19.3. The molecule has 2 aliphatic rings. The van der Waals surface area contributed by atoms with E-state index >= 15 is 0 Å². The van der Waals surface area contributed by atoms with E-state index in [1.165, 1.54) is 10.4 Å². The zero-order valence-electron chi connectivity index (χ0n) is 15.2. The van der Waals surface area contributed by atoms with Crippen molar-refractivity contribution in [2.75, 3.05) is 0 Å². The summed E-state index contributed by atoms with van der Waals surface area (Å²) in [6.45, 7) is 14.1. The van der Waals surface area contributed by atoms with E-state index in [9.17, 15) is 0 Å². The summed E-state index contributed by atoms with van der Waals surface area (Å²) >= 11 is 0. The molecule has 0 aliphatic heterocycles. The first-order chi connectivity index (χ1) is 8.21. The molecule has 0 aromatic carbocycles.